The molecule has 1 saturated heterocycles. The van der Waals surface area contributed by atoms with Gasteiger partial charge in [0.2, 0.25) is 5.91 Å². The summed E-state index contributed by atoms with van der Waals surface area (Å²) in [6, 6.07) is 12.0. The van der Waals surface area contributed by atoms with Crippen molar-refractivity contribution in [1.29, 1.82) is 0 Å². The van der Waals surface area contributed by atoms with E-state index in [-0.39, 0.29) is 12.0 Å². The maximum atomic E-state index is 11.8. The van der Waals surface area contributed by atoms with Gasteiger partial charge in [-0.25, -0.2) is 4.68 Å². The standard InChI is InChI=1S/C17H21N3O2S/c21-17(18-11-16-7-4-10-22-16)13-23-12-14-8-9-20(19-14)15-5-2-1-3-6-15/h1-3,5-6,8-9,16H,4,7,10-13H2,(H,18,21)/t16-/m0/s1. The maximum absolute atomic E-state index is 11.8. The molecule has 0 bridgehead atoms. The molecule has 0 spiro atoms. The number of nitrogens with one attached hydrogen (secondary N) is 1. The lowest BCUT2D eigenvalue weighted by Crippen LogP contribution is -2.32. The lowest BCUT2D eigenvalue weighted by Gasteiger charge is -2.10. The molecule has 1 N–H and O–H groups in total. The summed E-state index contributed by atoms with van der Waals surface area (Å²) in [6.07, 6.45) is 4.29. The van der Waals surface area contributed by atoms with Gasteiger partial charge in [-0.05, 0) is 31.0 Å². The number of hydrogen-bond donors (Lipinski definition) is 1. The third kappa shape index (κ3) is 4.84. The molecule has 0 saturated carbocycles. The van der Waals surface area contributed by atoms with E-state index in [0.29, 0.717) is 12.3 Å². The number of hydrogen-bond acceptors (Lipinski definition) is 4. The average Bonchev–Trinajstić information content (AvgIpc) is 3.26. The fraction of sp³-hybridized carbons (Fsp3) is 0.412. The molecule has 2 heterocycles. The Morgan fingerprint density at radius 1 is 1.35 bits per heavy atom. The van der Waals surface area contributed by atoms with E-state index >= 15 is 0 Å². The van der Waals surface area contributed by atoms with Crippen LogP contribution in [0.4, 0.5) is 0 Å². The molecule has 6 heteroatoms. The lowest BCUT2D eigenvalue weighted by atomic mass is 10.2. The fourth-order valence-electron chi connectivity index (χ4n) is 2.50. The van der Waals surface area contributed by atoms with Crippen LogP contribution < -0.4 is 5.32 Å². The topological polar surface area (TPSA) is 56.2 Å². The first-order valence-electron chi connectivity index (χ1n) is 7.87. The zero-order chi connectivity index (χ0) is 15.9. The Balaban J connectivity index is 1.39. The molecule has 1 amide bonds. The smallest absolute Gasteiger partial charge is 0.230 e. The van der Waals surface area contributed by atoms with Crippen LogP contribution in [0.25, 0.3) is 5.69 Å². The lowest BCUT2D eigenvalue weighted by molar-refractivity contribution is -0.119. The molecule has 1 atom stereocenters. The zero-order valence-electron chi connectivity index (χ0n) is 13.0. The average molecular weight is 331 g/mol. The molecule has 1 fully saturated rings. The Bertz CT molecular complexity index is 624. The van der Waals surface area contributed by atoms with Crippen LogP contribution in [0.2, 0.25) is 0 Å². The number of thioether (sulfide) groups is 1. The van der Waals surface area contributed by atoms with Crippen molar-refractivity contribution in [3.05, 3.63) is 48.3 Å². The van der Waals surface area contributed by atoms with Gasteiger partial charge in [-0.2, -0.15) is 5.10 Å². The molecule has 2 aromatic rings. The molecule has 3 rings (SSSR count). The summed E-state index contributed by atoms with van der Waals surface area (Å²) in [6.45, 7) is 1.45. The molecule has 1 aliphatic heterocycles. The van der Waals surface area contributed by atoms with Crippen molar-refractivity contribution < 1.29 is 9.53 Å². The summed E-state index contributed by atoms with van der Waals surface area (Å²) >= 11 is 1.58. The molecule has 23 heavy (non-hydrogen) atoms. The van der Waals surface area contributed by atoms with E-state index in [2.05, 4.69) is 10.4 Å². The predicted octanol–water partition coefficient (Wildman–Crippen LogP) is 2.40. The SMILES string of the molecule is O=C(CSCc1ccn(-c2ccccc2)n1)NC[C@@H]1CCCO1. The van der Waals surface area contributed by atoms with Gasteiger partial charge in [-0.1, -0.05) is 18.2 Å². The first kappa shape index (κ1) is 16.1. The van der Waals surface area contributed by atoms with Gasteiger partial charge < -0.3 is 10.1 Å². The fourth-order valence-corrected chi connectivity index (χ4v) is 3.25. The third-order valence-corrected chi connectivity index (χ3v) is 4.67. The third-order valence-electron chi connectivity index (χ3n) is 3.70. The van der Waals surface area contributed by atoms with Crippen LogP contribution in [0.3, 0.4) is 0 Å². The Morgan fingerprint density at radius 3 is 3.00 bits per heavy atom. The van der Waals surface area contributed by atoms with Gasteiger partial charge in [-0.15, -0.1) is 11.8 Å². The zero-order valence-corrected chi connectivity index (χ0v) is 13.8. The molecule has 0 aliphatic carbocycles. The molecule has 5 nitrogen and oxygen atoms in total. The predicted molar refractivity (Wildman–Crippen MR) is 91.7 cm³/mol. The Morgan fingerprint density at radius 2 is 2.22 bits per heavy atom. The van der Waals surface area contributed by atoms with E-state index in [0.717, 1.165) is 36.6 Å². The van der Waals surface area contributed by atoms with Crippen molar-refractivity contribution in [2.24, 2.45) is 0 Å². The van der Waals surface area contributed by atoms with Gasteiger partial charge in [0.15, 0.2) is 0 Å². The number of rotatable bonds is 7. The molecule has 122 valence electrons. The van der Waals surface area contributed by atoms with Crippen molar-refractivity contribution >= 4 is 17.7 Å². The van der Waals surface area contributed by atoms with E-state index in [1.54, 1.807) is 11.8 Å². The second-order valence-electron chi connectivity index (χ2n) is 5.52. The number of carbonyl (C=O) groups excluding carboxylic acids is 1. The van der Waals surface area contributed by atoms with Crippen molar-refractivity contribution in [2.45, 2.75) is 24.7 Å². The minimum Gasteiger partial charge on any atom is -0.376 e. The minimum atomic E-state index is 0.0630. The summed E-state index contributed by atoms with van der Waals surface area (Å²) < 4.78 is 7.34. The Kier molecular flexibility index (Phi) is 5.71. The van der Waals surface area contributed by atoms with Gasteiger partial charge in [0.25, 0.3) is 0 Å². The number of nitrogens with zero attached hydrogens (tertiary/aromatic N) is 2. The molecule has 1 aromatic carbocycles. The summed E-state index contributed by atoms with van der Waals surface area (Å²) in [7, 11) is 0. The van der Waals surface area contributed by atoms with E-state index in [4.69, 9.17) is 4.74 Å². The van der Waals surface area contributed by atoms with Crippen LogP contribution in [0.15, 0.2) is 42.6 Å². The van der Waals surface area contributed by atoms with Crippen LogP contribution in [0.1, 0.15) is 18.5 Å². The van der Waals surface area contributed by atoms with Crippen LogP contribution in [0, 0.1) is 0 Å². The highest BCUT2D eigenvalue weighted by atomic mass is 32.2. The summed E-state index contributed by atoms with van der Waals surface area (Å²) in [4.78, 5) is 11.8. The molecule has 1 aliphatic rings. The highest BCUT2D eigenvalue weighted by Gasteiger charge is 2.16. The summed E-state index contributed by atoms with van der Waals surface area (Å²) in [5.41, 5.74) is 2.02. The summed E-state index contributed by atoms with van der Waals surface area (Å²) in [5.74, 6) is 1.24. The van der Waals surface area contributed by atoms with E-state index in [1.807, 2.05) is 47.3 Å². The first-order chi connectivity index (χ1) is 11.3. The molecular formula is C17H21N3O2S. The largest absolute Gasteiger partial charge is 0.376 e. The maximum Gasteiger partial charge on any atom is 0.230 e. The van der Waals surface area contributed by atoms with Crippen molar-refractivity contribution in [3.63, 3.8) is 0 Å². The Hall–Kier alpha value is -1.79. The molecule has 0 radical (unpaired) electrons. The molecule has 0 unspecified atom stereocenters. The number of benzene rings is 1. The van der Waals surface area contributed by atoms with Crippen LogP contribution in [-0.4, -0.2) is 40.7 Å². The van der Waals surface area contributed by atoms with Gasteiger partial charge in [0, 0.05) is 25.1 Å². The monoisotopic (exact) mass is 331 g/mol. The molecule has 1 aromatic heterocycles. The number of para-hydroxylation sites is 1. The van der Waals surface area contributed by atoms with Crippen LogP contribution >= 0.6 is 11.8 Å². The van der Waals surface area contributed by atoms with Crippen LogP contribution in [-0.2, 0) is 15.3 Å². The van der Waals surface area contributed by atoms with Crippen molar-refractivity contribution in [3.8, 4) is 5.69 Å². The summed E-state index contributed by atoms with van der Waals surface area (Å²) in [5, 5.41) is 7.46. The van der Waals surface area contributed by atoms with Gasteiger partial charge in [-0.3, -0.25) is 4.79 Å². The Labute approximate surface area is 140 Å². The normalized spacial score (nSPS) is 17.3. The van der Waals surface area contributed by atoms with E-state index in [1.165, 1.54) is 0 Å². The minimum absolute atomic E-state index is 0.0630. The number of amides is 1. The second-order valence-corrected chi connectivity index (χ2v) is 6.50. The van der Waals surface area contributed by atoms with E-state index in [9.17, 15) is 4.79 Å². The highest BCUT2D eigenvalue weighted by molar-refractivity contribution is 7.99. The highest BCUT2D eigenvalue weighted by Crippen LogP contribution is 2.13. The van der Waals surface area contributed by atoms with Gasteiger partial charge in [0.1, 0.15) is 0 Å². The quantitative estimate of drug-likeness (QED) is 0.846. The first-order valence-corrected chi connectivity index (χ1v) is 9.03. The number of carbonyl (C=O) groups is 1. The van der Waals surface area contributed by atoms with Gasteiger partial charge >= 0.3 is 0 Å². The number of aromatic nitrogens is 2. The van der Waals surface area contributed by atoms with Gasteiger partial charge in [0.05, 0.1) is 23.2 Å². The number of ether oxygens (including phenoxy) is 1. The van der Waals surface area contributed by atoms with Crippen molar-refractivity contribution in [1.82, 2.24) is 15.1 Å². The second kappa shape index (κ2) is 8.17. The van der Waals surface area contributed by atoms with Crippen LogP contribution in [0.5, 0.6) is 0 Å². The van der Waals surface area contributed by atoms with E-state index < -0.39 is 0 Å². The van der Waals surface area contributed by atoms with Crippen molar-refractivity contribution in [2.75, 3.05) is 18.9 Å². The molecular weight excluding hydrogens is 310 g/mol.